The third kappa shape index (κ3) is 4.02. The fraction of sp³-hybridized carbons (Fsp3) is 0. The van der Waals surface area contributed by atoms with Gasteiger partial charge < -0.3 is 20.8 Å². The minimum absolute atomic E-state index is 0.0122. The Balaban J connectivity index is 2.09. The molecule has 6 heteroatoms. The maximum atomic E-state index is 12.0. The van der Waals surface area contributed by atoms with Crippen LogP contribution in [0.3, 0.4) is 0 Å². The fourth-order valence-electron chi connectivity index (χ4n) is 1.68. The zero-order valence-electron chi connectivity index (χ0n) is 11.4. The molecule has 0 heterocycles. The van der Waals surface area contributed by atoms with Crippen molar-refractivity contribution in [2.45, 2.75) is 0 Å². The monoisotopic (exact) mass is 295 g/mol. The molecular formula is C16H13N3O3. The van der Waals surface area contributed by atoms with Crippen molar-refractivity contribution in [2.75, 3.05) is 10.6 Å². The first-order valence-electron chi connectivity index (χ1n) is 6.35. The van der Waals surface area contributed by atoms with Gasteiger partial charge in [0.05, 0.1) is 0 Å². The number of aromatic hydroxyl groups is 2. The van der Waals surface area contributed by atoms with E-state index in [4.69, 9.17) is 5.26 Å². The van der Waals surface area contributed by atoms with E-state index in [9.17, 15) is 15.0 Å². The molecule has 22 heavy (non-hydrogen) atoms. The van der Waals surface area contributed by atoms with Gasteiger partial charge >= 0.3 is 0 Å². The molecule has 0 aliphatic carbocycles. The summed E-state index contributed by atoms with van der Waals surface area (Å²) in [4.78, 5) is 12.0. The summed E-state index contributed by atoms with van der Waals surface area (Å²) in [6.45, 7) is 0. The second-order valence-electron chi connectivity index (χ2n) is 4.37. The van der Waals surface area contributed by atoms with Crippen molar-refractivity contribution in [1.29, 1.82) is 5.26 Å². The quantitative estimate of drug-likeness (QED) is 0.512. The van der Waals surface area contributed by atoms with Gasteiger partial charge in [-0.2, -0.15) is 5.26 Å². The lowest BCUT2D eigenvalue weighted by molar-refractivity contribution is -0.112. The van der Waals surface area contributed by atoms with Gasteiger partial charge in [-0.3, -0.25) is 4.79 Å². The number of nitrogens with one attached hydrogen (secondary N) is 2. The Morgan fingerprint density at radius 3 is 2.23 bits per heavy atom. The average Bonchev–Trinajstić information content (AvgIpc) is 2.48. The highest BCUT2D eigenvalue weighted by Gasteiger charge is 2.09. The van der Waals surface area contributed by atoms with Gasteiger partial charge in [-0.05, 0) is 24.3 Å². The number of benzene rings is 2. The highest BCUT2D eigenvalue weighted by molar-refractivity contribution is 6.06. The lowest BCUT2D eigenvalue weighted by Crippen LogP contribution is -2.14. The van der Waals surface area contributed by atoms with Gasteiger partial charge in [-0.15, -0.1) is 0 Å². The summed E-state index contributed by atoms with van der Waals surface area (Å²) in [6.07, 6.45) is 1.24. The summed E-state index contributed by atoms with van der Waals surface area (Å²) in [5, 5.41) is 33.0. The molecule has 0 bridgehead atoms. The predicted molar refractivity (Wildman–Crippen MR) is 82.2 cm³/mol. The second-order valence-corrected chi connectivity index (χ2v) is 4.37. The van der Waals surface area contributed by atoms with Crippen LogP contribution in [0.4, 0.5) is 11.4 Å². The molecular weight excluding hydrogens is 282 g/mol. The van der Waals surface area contributed by atoms with Gasteiger partial charge in [-0.25, -0.2) is 0 Å². The molecule has 2 aromatic rings. The zero-order valence-corrected chi connectivity index (χ0v) is 11.4. The number of carbonyl (C=O) groups excluding carboxylic acids is 1. The van der Waals surface area contributed by atoms with E-state index >= 15 is 0 Å². The van der Waals surface area contributed by atoms with Crippen LogP contribution in [-0.4, -0.2) is 16.1 Å². The third-order valence-electron chi connectivity index (χ3n) is 2.70. The molecule has 110 valence electrons. The van der Waals surface area contributed by atoms with Crippen LogP contribution in [0.25, 0.3) is 0 Å². The molecule has 2 aromatic carbocycles. The standard InChI is InChI=1S/C16H13N3O3/c17-9-11(10-18-12-3-1-5-14(20)7-12)16(22)19-13-4-2-6-15(21)8-13/h1-8,10,18,20-21H,(H,19,22)/b11-10-. The average molecular weight is 295 g/mol. The van der Waals surface area contributed by atoms with Crippen molar-refractivity contribution >= 4 is 17.3 Å². The molecule has 6 nitrogen and oxygen atoms in total. The van der Waals surface area contributed by atoms with E-state index in [2.05, 4.69) is 10.6 Å². The lowest BCUT2D eigenvalue weighted by Gasteiger charge is -2.05. The van der Waals surface area contributed by atoms with Crippen LogP contribution in [0.15, 0.2) is 60.3 Å². The van der Waals surface area contributed by atoms with E-state index in [1.165, 1.54) is 30.5 Å². The Morgan fingerprint density at radius 2 is 1.64 bits per heavy atom. The van der Waals surface area contributed by atoms with Gasteiger partial charge in [0.25, 0.3) is 5.91 Å². The minimum Gasteiger partial charge on any atom is -0.508 e. The first kappa shape index (κ1) is 14.9. The molecule has 0 atom stereocenters. The summed E-state index contributed by atoms with van der Waals surface area (Å²) in [5.41, 5.74) is 0.771. The Hall–Kier alpha value is -3.46. The van der Waals surface area contributed by atoms with E-state index in [-0.39, 0.29) is 17.1 Å². The van der Waals surface area contributed by atoms with Crippen molar-refractivity contribution in [2.24, 2.45) is 0 Å². The number of nitrogens with zero attached hydrogens (tertiary/aromatic N) is 1. The van der Waals surface area contributed by atoms with Crippen molar-refractivity contribution < 1.29 is 15.0 Å². The molecule has 0 aliphatic rings. The summed E-state index contributed by atoms with van der Waals surface area (Å²) in [6, 6.07) is 14.1. The zero-order chi connectivity index (χ0) is 15.9. The lowest BCUT2D eigenvalue weighted by atomic mass is 10.2. The molecule has 4 N–H and O–H groups in total. The number of phenols is 2. The largest absolute Gasteiger partial charge is 0.508 e. The number of anilines is 2. The van der Waals surface area contributed by atoms with Crippen LogP contribution < -0.4 is 10.6 Å². The number of phenolic OH excluding ortho intramolecular Hbond substituents is 2. The highest BCUT2D eigenvalue weighted by atomic mass is 16.3. The first-order valence-corrected chi connectivity index (χ1v) is 6.35. The smallest absolute Gasteiger partial charge is 0.267 e. The van der Waals surface area contributed by atoms with Gasteiger partial charge in [0.15, 0.2) is 0 Å². The predicted octanol–water partition coefficient (Wildman–Crippen LogP) is 2.56. The number of carbonyl (C=O) groups is 1. The summed E-state index contributed by atoms with van der Waals surface area (Å²) in [5.74, 6) is -0.528. The molecule has 0 fully saturated rings. The van der Waals surface area contributed by atoms with Gasteiger partial charge in [-0.1, -0.05) is 12.1 Å². The highest BCUT2D eigenvalue weighted by Crippen LogP contribution is 2.17. The van der Waals surface area contributed by atoms with E-state index < -0.39 is 5.91 Å². The molecule has 0 saturated heterocycles. The van der Waals surface area contributed by atoms with Crippen molar-refractivity contribution in [3.63, 3.8) is 0 Å². The normalized spacial score (nSPS) is 10.6. The molecule has 0 spiro atoms. The summed E-state index contributed by atoms with van der Waals surface area (Å²) < 4.78 is 0. The SMILES string of the molecule is N#C/C(=C/Nc1cccc(O)c1)C(=O)Nc1cccc(O)c1. The van der Waals surface area contributed by atoms with Crippen LogP contribution in [-0.2, 0) is 4.79 Å². The fourth-order valence-corrected chi connectivity index (χ4v) is 1.68. The van der Waals surface area contributed by atoms with Crippen molar-refractivity contribution in [3.8, 4) is 17.6 Å². The Kier molecular flexibility index (Phi) is 4.63. The van der Waals surface area contributed by atoms with E-state index in [1.807, 2.05) is 0 Å². The van der Waals surface area contributed by atoms with E-state index in [0.29, 0.717) is 11.4 Å². The number of amides is 1. The van der Waals surface area contributed by atoms with E-state index in [0.717, 1.165) is 0 Å². The molecule has 2 rings (SSSR count). The van der Waals surface area contributed by atoms with Gasteiger partial charge in [0, 0.05) is 29.7 Å². The molecule has 0 saturated carbocycles. The molecule has 0 unspecified atom stereocenters. The van der Waals surface area contributed by atoms with Crippen LogP contribution >= 0.6 is 0 Å². The molecule has 1 amide bonds. The van der Waals surface area contributed by atoms with Crippen LogP contribution in [0.2, 0.25) is 0 Å². The van der Waals surface area contributed by atoms with Crippen LogP contribution in [0.5, 0.6) is 11.5 Å². The Morgan fingerprint density at radius 1 is 1.05 bits per heavy atom. The van der Waals surface area contributed by atoms with Crippen molar-refractivity contribution in [1.82, 2.24) is 0 Å². The maximum Gasteiger partial charge on any atom is 0.267 e. The number of hydrogen-bond donors (Lipinski definition) is 4. The Labute approximate surface area is 127 Å². The maximum absolute atomic E-state index is 12.0. The molecule has 0 aromatic heterocycles. The Bertz CT molecular complexity index is 763. The van der Waals surface area contributed by atoms with Crippen LogP contribution in [0, 0.1) is 11.3 Å². The molecule has 0 radical (unpaired) electrons. The second kappa shape index (κ2) is 6.81. The van der Waals surface area contributed by atoms with Crippen LogP contribution in [0.1, 0.15) is 0 Å². The van der Waals surface area contributed by atoms with E-state index in [1.54, 1.807) is 30.3 Å². The minimum atomic E-state index is -0.610. The van der Waals surface area contributed by atoms with Crippen molar-refractivity contribution in [3.05, 3.63) is 60.3 Å². The third-order valence-corrected chi connectivity index (χ3v) is 2.70. The molecule has 0 aliphatic heterocycles. The topological polar surface area (TPSA) is 105 Å². The summed E-state index contributed by atoms with van der Waals surface area (Å²) in [7, 11) is 0. The number of hydrogen-bond acceptors (Lipinski definition) is 5. The number of rotatable bonds is 4. The number of nitriles is 1. The van der Waals surface area contributed by atoms with Gasteiger partial charge in [0.1, 0.15) is 23.1 Å². The summed E-state index contributed by atoms with van der Waals surface area (Å²) >= 11 is 0. The first-order chi connectivity index (χ1) is 10.6. The van der Waals surface area contributed by atoms with Gasteiger partial charge in [0.2, 0.25) is 0 Å².